The molecule has 5 rings (SSSR count). The Hall–Kier alpha value is -1.90. The van der Waals surface area contributed by atoms with Crippen molar-refractivity contribution in [2.45, 2.75) is 85.7 Å². The molecule has 0 unspecified atom stereocenters. The smallest absolute Gasteiger partial charge is 0.302 e. The van der Waals surface area contributed by atoms with Crippen molar-refractivity contribution in [1.29, 1.82) is 0 Å². The summed E-state index contributed by atoms with van der Waals surface area (Å²) in [7, 11) is 0. The van der Waals surface area contributed by atoms with E-state index in [0.29, 0.717) is 0 Å². The van der Waals surface area contributed by atoms with Crippen LogP contribution >= 0.6 is 0 Å². The number of allylic oxidation sites excluding steroid dienone is 3. The van der Waals surface area contributed by atoms with Crippen LogP contribution in [0.25, 0.3) is 5.57 Å². The van der Waals surface area contributed by atoms with Crippen LogP contribution in [0.1, 0.15) is 85.1 Å². The zero-order chi connectivity index (χ0) is 22.2. The topological polar surface area (TPSA) is 39.2 Å². The number of hydrogen-bond acceptors (Lipinski definition) is 3. The van der Waals surface area contributed by atoms with Gasteiger partial charge in [0.05, 0.1) is 0 Å². The van der Waals surface area contributed by atoms with E-state index in [9.17, 15) is 4.79 Å². The molecular weight excluding hydrogens is 382 g/mol. The summed E-state index contributed by atoms with van der Waals surface area (Å²) in [6, 6.07) is 4.30. The van der Waals surface area contributed by atoms with Crippen LogP contribution in [0.4, 0.5) is 0 Å². The number of esters is 1. The molecule has 3 heteroatoms. The molecular formula is C28H39NO2. The average Bonchev–Trinajstić information content (AvgIpc) is 3.13. The van der Waals surface area contributed by atoms with Crippen molar-refractivity contribution in [1.82, 2.24) is 4.98 Å². The van der Waals surface area contributed by atoms with Crippen LogP contribution < -0.4 is 0 Å². The van der Waals surface area contributed by atoms with E-state index in [2.05, 4.69) is 43.1 Å². The van der Waals surface area contributed by atoms with Gasteiger partial charge in [-0.2, -0.15) is 0 Å². The fraction of sp³-hybridized carbons (Fsp3) is 0.643. The number of ether oxygens (including phenoxy) is 1. The number of carbonyl (C=O) groups excluding carboxylic acids is 1. The van der Waals surface area contributed by atoms with E-state index in [4.69, 9.17) is 4.74 Å². The molecule has 0 saturated heterocycles. The second-order valence-electron chi connectivity index (χ2n) is 10.3. The molecule has 4 aliphatic rings. The summed E-state index contributed by atoms with van der Waals surface area (Å²) in [4.78, 5) is 15.8. The van der Waals surface area contributed by atoms with Gasteiger partial charge in [0.25, 0.3) is 0 Å². The van der Waals surface area contributed by atoms with Gasteiger partial charge in [0.15, 0.2) is 0 Å². The molecule has 0 spiro atoms. The Morgan fingerprint density at radius 1 is 1.06 bits per heavy atom. The van der Waals surface area contributed by atoms with E-state index >= 15 is 0 Å². The summed E-state index contributed by atoms with van der Waals surface area (Å²) in [6.45, 7) is 10.6. The van der Waals surface area contributed by atoms with Gasteiger partial charge in [-0.15, -0.1) is 0 Å². The van der Waals surface area contributed by atoms with Crippen LogP contribution in [0.15, 0.2) is 42.3 Å². The van der Waals surface area contributed by atoms with Gasteiger partial charge in [-0.1, -0.05) is 51.5 Å². The highest BCUT2D eigenvalue weighted by Gasteiger charge is 2.56. The van der Waals surface area contributed by atoms with Crippen molar-refractivity contribution in [3.8, 4) is 0 Å². The molecule has 2 fully saturated rings. The molecule has 6 atom stereocenters. The van der Waals surface area contributed by atoms with Gasteiger partial charge in [0.2, 0.25) is 0 Å². The maximum atomic E-state index is 11.4. The molecule has 1 aromatic rings. The Morgan fingerprint density at radius 2 is 1.84 bits per heavy atom. The van der Waals surface area contributed by atoms with Crippen LogP contribution in [0.3, 0.4) is 0 Å². The first-order valence-electron chi connectivity index (χ1n) is 12.4. The van der Waals surface area contributed by atoms with E-state index in [1.54, 1.807) is 5.57 Å². The first kappa shape index (κ1) is 22.3. The monoisotopic (exact) mass is 421 g/mol. The lowest BCUT2D eigenvalue weighted by Gasteiger charge is -2.57. The summed E-state index contributed by atoms with van der Waals surface area (Å²) in [5.74, 6) is 2.12. The molecule has 0 bridgehead atoms. The van der Waals surface area contributed by atoms with E-state index < -0.39 is 0 Å². The van der Waals surface area contributed by atoms with Crippen LogP contribution in [-0.2, 0) is 9.53 Å². The fourth-order valence-electron chi connectivity index (χ4n) is 7.50. The quantitative estimate of drug-likeness (QED) is 0.381. The molecule has 0 radical (unpaired) electrons. The maximum Gasteiger partial charge on any atom is 0.302 e. The van der Waals surface area contributed by atoms with Crippen molar-refractivity contribution in [2.24, 2.45) is 28.6 Å². The van der Waals surface area contributed by atoms with Gasteiger partial charge in [-0.05, 0) is 84.3 Å². The first-order chi connectivity index (χ1) is 14.9. The third kappa shape index (κ3) is 3.68. The van der Waals surface area contributed by atoms with Gasteiger partial charge < -0.3 is 4.74 Å². The number of hydrogen-bond donors (Lipinski definition) is 0. The third-order valence-corrected chi connectivity index (χ3v) is 8.94. The Morgan fingerprint density at radius 3 is 2.55 bits per heavy atom. The lowest BCUT2D eigenvalue weighted by molar-refractivity contribution is -0.148. The van der Waals surface area contributed by atoms with Crippen LogP contribution in [0, 0.1) is 28.6 Å². The minimum atomic E-state index is -0.138. The number of fused-ring (bicyclic) bond motifs is 5. The zero-order valence-corrected chi connectivity index (χ0v) is 20.0. The van der Waals surface area contributed by atoms with Gasteiger partial charge in [0, 0.05) is 25.7 Å². The van der Waals surface area contributed by atoms with Gasteiger partial charge >= 0.3 is 5.97 Å². The number of nitrogens with zero attached hydrogens (tertiary/aromatic N) is 1. The van der Waals surface area contributed by atoms with Crippen molar-refractivity contribution >= 4 is 11.5 Å². The third-order valence-electron chi connectivity index (χ3n) is 8.94. The van der Waals surface area contributed by atoms with Gasteiger partial charge in [-0.25, -0.2) is 0 Å². The molecule has 168 valence electrons. The molecule has 3 nitrogen and oxygen atoms in total. The van der Waals surface area contributed by atoms with Gasteiger partial charge in [0.1, 0.15) is 6.10 Å². The Bertz CT molecular complexity index is 872. The molecule has 2 saturated carbocycles. The van der Waals surface area contributed by atoms with E-state index in [-0.39, 0.29) is 22.9 Å². The van der Waals surface area contributed by atoms with E-state index in [1.807, 2.05) is 26.2 Å². The average molecular weight is 422 g/mol. The molecule has 1 heterocycles. The van der Waals surface area contributed by atoms with Crippen molar-refractivity contribution < 1.29 is 9.53 Å². The summed E-state index contributed by atoms with van der Waals surface area (Å²) in [5.41, 5.74) is 4.99. The van der Waals surface area contributed by atoms with Crippen LogP contribution in [-0.4, -0.2) is 17.1 Å². The predicted octanol–water partition coefficient (Wildman–Crippen LogP) is 7.00. The summed E-state index contributed by atoms with van der Waals surface area (Å²) in [6.07, 6.45) is 17.1. The van der Waals surface area contributed by atoms with Crippen LogP contribution in [0.2, 0.25) is 0 Å². The molecule has 4 aliphatic carbocycles. The number of aromatic nitrogens is 1. The Balaban J connectivity index is 0.00000112. The van der Waals surface area contributed by atoms with E-state index in [0.717, 1.165) is 37.0 Å². The SMILES string of the molecule is CC.CC(=O)O[C@H]1CC[C@@]2(C)C(=CC[C@@H]3[C@@H]2CC[C@]2(C)C(c4cccnc4)=CC[C@@H]32)C1. The number of carbonyl (C=O) groups is 1. The lowest BCUT2D eigenvalue weighted by Crippen LogP contribution is -2.50. The molecule has 0 aliphatic heterocycles. The number of rotatable bonds is 2. The predicted molar refractivity (Wildman–Crippen MR) is 126 cm³/mol. The Kier molecular flexibility index (Phi) is 6.16. The first-order valence-corrected chi connectivity index (χ1v) is 12.4. The molecule has 0 amide bonds. The highest BCUT2D eigenvalue weighted by Crippen LogP contribution is 2.66. The molecule has 0 N–H and O–H groups in total. The Labute approximate surface area is 188 Å². The number of pyridine rings is 1. The maximum absolute atomic E-state index is 11.4. The zero-order valence-electron chi connectivity index (χ0n) is 20.0. The molecule has 31 heavy (non-hydrogen) atoms. The van der Waals surface area contributed by atoms with Crippen molar-refractivity contribution in [3.05, 3.63) is 47.8 Å². The van der Waals surface area contributed by atoms with Crippen molar-refractivity contribution in [3.63, 3.8) is 0 Å². The minimum absolute atomic E-state index is 0.0857. The van der Waals surface area contributed by atoms with Crippen LogP contribution in [0.5, 0.6) is 0 Å². The molecule has 1 aromatic heterocycles. The second-order valence-corrected chi connectivity index (χ2v) is 10.3. The highest BCUT2D eigenvalue weighted by atomic mass is 16.5. The second kappa shape index (κ2) is 8.56. The lowest BCUT2D eigenvalue weighted by atomic mass is 9.47. The standard InChI is InChI=1S/C26H33NO2.C2H6/c1-17(28)29-20-10-12-25(2)19(15-20)6-7-21-23-9-8-22(18-5-4-14-27-16-18)26(23,3)13-11-24(21)25;1-2/h4-6,8,14,16,20-21,23-24H,7,9-13,15H2,1-3H3;1-2H3/t20-,21-,23-,24-,25-,26+;/m0./s1. The molecule has 0 aromatic carbocycles. The highest BCUT2D eigenvalue weighted by molar-refractivity contribution is 5.72. The van der Waals surface area contributed by atoms with E-state index in [1.165, 1.54) is 43.7 Å². The van der Waals surface area contributed by atoms with Crippen molar-refractivity contribution in [2.75, 3.05) is 0 Å². The largest absolute Gasteiger partial charge is 0.462 e. The summed E-state index contributed by atoms with van der Waals surface area (Å²) in [5, 5.41) is 0. The summed E-state index contributed by atoms with van der Waals surface area (Å²) >= 11 is 0. The van der Waals surface area contributed by atoms with Gasteiger partial charge in [-0.3, -0.25) is 9.78 Å². The fourth-order valence-corrected chi connectivity index (χ4v) is 7.50. The summed E-state index contributed by atoms with van der Waals surface area (Å²) < 4.78 is 5.58. The normalized spacial score (nSPS) is 38.4. The minimum Gasteiger partial charge on any atom is -0.462 e.